The first-order valence-electron chi connectivity index (χ1n) is 9.44. The molecule has 1 atom stereocenters. The van der Waals surface area contributed by atoms with E-state index in [0.717, 1.165) is 21.7 Å². The summed E-state index contributed by atoms with van der Waals surface area (Å²) in [5, 5.41) is 4.26. The molecule has 0 radical (unpaired) electrons. The molecule has 0 bridgehead atoms. The molecule has 5 N–H and O–H groups in total. The standard InChI is InChI=1S/C22H21N5O3S/c1-14-5-11-19(12-6-14)31-27(23)18-4-2-3-17(13-18)21-26-25-20(29-21)15-7-9-16(10-8-15)22(28)30-24/h2-13,21,26H,23-24H2,1H3. The lowest BCUT2D eigenvalue weighted by molar-refractivity contribution is 0.0503. The molecule has 1 heterocycles. The molecule has 3 aromatic rings. The van der Waals surface area contributed by atoms with Crippen LogP contribution in [0, 0.1) is 6.92 Å². The van der Waals surface area contributed by atoms with E-state index in [9.17, 15) is 4.79 Å². The third kappa shape index (κ3) is 4.80. The molecular weight excluding hydrogens is 414 g/mol. The Labute approximate surface area is 183 Å². The summed E-state index contributed by atoms with van der Waals surface area (Å²) in [6.45, 7) is 2.05. The van der Waals surface area contributed by atoms with Crippen LogP contribution in [0.3, 0.4) is 0 Å². The maximum absolute atomic E-state index is 11.5. The number of benzene rings is 3. The molecular formula is C22H21N5O3S. The highest BCUT2D eigenvalue weighted by molar-refractivity contribution is 8.00. The summed E-state index contributed by atoms with van der Waals surface area (Å²) < 4.78 is 7.57. The van der Waals surface area contributed by atoms with E-state index >= 15 is 0 Å². The molecule has 0 spiro atoms. The molecule has 0 fully saturated rings. The molecule has 0 aromatic heterocycles. The van der Waals surface area contributed by atoms with Crippen LogP contribution in [0.15, 0.2) is 82.8 Å². The Balaban J connectivity index is 1.43. The van der Waals surface area contributed by atoms with Gasteiger partial charge in [0.2, 0.25) is 12.1 Å². The van der Waals surface area contributed by atoms with Gasteiger partial charge in [0.05, 0.1) is 11.3 Å². The number of nitrogens with one attached hydrogen (secondary N) is 1. The number of nitrogens with two attached hydrogens (primary N) is 2. The van der Waals surface area contributed by atoms with Crippen molar-refractivity contribution in [2.45, 2.75) is 18.0 Å². The smallest absolute Gasteiger partial charge is 0.356 e. The highest BCUT2D eigenvalue weighted by atomic mass is 32.2. The predicted octanol–water partition coefficient (Wildman–Crippen LogP) is 3.39. The molecule has 1 aliphatic rings. The van der Waals surface area contributed by atoms with Crippen molar-refractivity contribution in [1.29, 1.82) is 0 Å². The molecule has 0 amide bonds. The van der Waals surface area contributed by atoms with Crippen LogP contribution in [-0.2, 0) is 9.57 Å². The fraction of sp³-hybridized carbons (Fsp3) is 0.0909. The minimum atomic E-state index is -0.608. The topological polar surface area (TPSA) is 115 Å². The van der Waals surface area contributed by atoms with Crippen molar-refractivity contribution in [1.82, 2.24) is 5.43 Å². The van der Waals surface area contributed by atoms with E-state index in [4.69, 9.17) is 16.5 Å². The maximum Gasteiger partial charge on any atom is 0.356 e. The lowest BCUT2D eigenvalue weighted by atomic mass is 10.1. The molecule has 158 valence electrons. The zero-order valence-corrected chi connectivity index (χ0v) is 17.5. The van der Waals surface area contributed by atoms with Crippen LogP contribution in [0.25, 0.3) is 0 Å². The van der Waals surface area contributed by atoms with Crippen LogP contribution in [0.1, 0.15) is 33.3 Å². The maximum atomic E-state index is 11.5. The zero-order chi connectivity index (χ0) is 21.8. The van der Waals surface area contributed by atoms with Gasteiger partial charge in [-0.15, -0.1) is 5.10 Å². The molecule has 8 nitrogen and oxygen atoms in total. The second kappa shape index (κ2) is 9.09. The second-order valence-corrected chi connectivity index (χ2v) is 7.90. The number of hydrogen-bond acceptors (Lipinski definition) is 9. The summed E-state index contributed by atoms with van der Waals surface area (Å²) in [4.78, 5) is 16.7. The second-order valence-electron chi connectivity index (χ2n) is 6.85. The first-order valence-corrected chi connectivity index (χ1v) is 10.2. The molecule has 9 heteroatoms. The fourth-order valence-electron chi connectivity index (χ4n) is 2.96. The Morgan fingerprint density at radius 2 is 1.87 bits per heavy atom. The van der Waals surface area contributed by atoms with Gasteiger partial charge in [-0.25, -0.2) is 15.1 Å². The van der Waals surface area contributed by atoms with E-state index in [2.05, 4.69) is 15.4 Å². The summed E-state index contributed by atoms with van der Waals surface area (Å²) in [5.41, 5.74) is 6.94. The summed E-state index contributed by atoms with van der Waals surface area (Å²) in [5.74, 6) is 11.0. The van der Waals surface area contributed by atoms with E-state index < -0.39 is 12.2 Å². The third-order valence-corrected chi connectivity index (χ3v) is 5.53. The predicted molar refractivity (Wildman–Crippen MR) is 120 cm³/mol. The highest BCUT2D eigenvalue weighted by Gasteiger charge is 2.23. The number of carbonyl (C=O) groups is 1. The van der Waals surface area contributed by atoms with Crippen LogP contribution in [0.5, 0.6) is 0 Å². The number of rotatable bonds is 6. The van der Waals surface area contributed by atoms with Gasteiger partial charge in [-0.05, 0) is 55.5 Å². The Kier molecular flexibility index (Phi) is 6.08. The zero-order valence-electron chi connectivity index (χ0n) is 16.7. The minimum Gasteiger partial charge on any atom is -0.446 e. The van der Waals surface area contributed by atoms with Crippen molar-refractivity contribution in [2.24, 2.45) is 16.8 Å². The number of hydrazine groups is 1. The molecule has 0 saturated carbocycles. The molecule has 0 aliphatic carbocycles. The highest BCUT2D eigenvalue weighted by Crippen LogP contribution is 2.29. The molecule has 1 unspecified atom stereocenters. The molecule has 3 aromatic carbocycles. The monoisotopic (exact) mass is 435 g/mol. The third-order valence-electron chi connectivity index (χ3n) is 4.64. The first kappa shape index (κ1) is 20.7. The lowest BCUT2D eigenvalue weighted by Crippen LogP contribution is -2.23. The van der Waals surface area contributed by atoms with Crippen LogP contribution in [-0.4, -0.2) is 11.9 Å². The summed E-state index contributed by atoms with van der Waals surface area (Å²) in [6, 6.07) is 22.5. The van der Waals surface area contributed by atoms with Gasteiger partial charge in [0, 0.05) is 28.0 Å². The van der Waals surface area contributed by atoms with Crippen molar-refractivity contribution in [3.63, 3.8) is 0 Å². The Hall–Kier alpha value is -3.53. The van der Waals surface area contributed by atoms with Crippen molar-refractivity contribution in [3.8, 4) is 0 Å². The van der Waals surface area contributed by atoms with Crippen molar-refractivity contribution >= 4 is 29.5 Å². The number of carbonyl (C=O) groups excluding carboxylic acids is 1. The van der Waals surface area contributed by atoms with Crippen LogP contribution in [0.2, 0.25) is 0 Å². The number of nitrogens with zero attached hydrogens (tertiary/aromatic N) is 2. The Morgan fingerprint density at radius 1 is 1.13 bits per heavy atom. The van der Waals surface area contributed by atoms with Crippen molar-refractivity contribution < 1.29 is 14.4 Å². The molecule has 0 saturated heterocycles. The van der Waals surface area contributed by atoms with Crippen LogP contribution >= 0.6 is 11.9 Å². The van der Waals surface area contributed by atoms with E-state index in [1.165, 1.54) is 17.5 Å². The van der Waals surface area contributed by atoms with Gasteiger partial charge in [0.1, 0.15) is 0 Å². The average Bonchev–Trinajstić information content (AvgIpc) is 3.30. The summed E-state index contributed by atoms with van der Waals surface area (Å²) >= 11 is 1.43. The van der Waals surface area contributed by atoms with Gasteiger partial charge >= 0.3 is 5.97 Å². The number of anilines is 1. The van der Waals surface area contributed by atoms with Gasteiger partial charge in [0.25, 0.3) is 0 Å². The van der Waals surface area contributed by atoms with Crippen LogP contribution < -0.4 is 21.6 Å². The number of hydrogen-bond donors (Lipinski definition) is 3. The summed E-state index contributed by atoms with van der Waals surface area (Å²) in [7, 11) is 0. The minimum absolute atomic E-state index is 0.344. The van der Waals surface area contributed by atoms with Gasteiger partial charge in [-0.2, -0.15) is 5.90 Å². The van der Waals surface area contributed by atoms with Gasteiger partial charge in [-0.1, -0.05) is 29.8 Å². The van der Waals surface area contributed by atoms with Crippen molar-refractivity contribution in [3.05, 3.63) is 95.1 Å². The fourth-order valence-corrected chi connectivity index (χ4v) is 3.67. The van der Waals surface area contributed by atoms with E-state index in [-0.39, 0.29) is 0 Å². The Morgan fingerprint density at radius 3 is 2.58 bits per heavy atom. The van der Waals surface area contributed by atoms with E-state index in [1.54, 1.807) is 28.7 Å². The molecule has 4 rings (SSSR count). The number of ether oxygens (including phenoxy) is 1. The quantitative estimate of drug-likeness (QED) is 0.307. The van der Waals surface area contributed by atoms with E-state index in [0.29, 0.717) is 11.5 Å². The van der Waals surface area contributed by atoms with Crippen LogP contribution in [0.4, 0.5) is 5.69 Å². The molecule has 31 heavy (non-hydrogen) atoms. The normalized spacial score (nSPS) is 14.9. The van der Waals surface area contributed by atoms with Gasteiger partial charge < -0.3 is 9.57 Å². The van der Waals surface area contributed by atoms with E-state index in [1.807, 2.05) is 55.5 Å². The van der Waals surface area contributed by atoms with Gasteiger partial charge in [-0.3, -0.25) is 5.43 Å². The Bertz CT molecular complexity index is 1100. The average molecular weight is 436 g/mol. The summed E-state index contributed by atoms with van der Waals surface area (Å²) in [6.07, 6.45) is -0.457. The van der Waals surface area contributed by atoms with Gasteiger partial charge in [0.15, 0.2) is 0 Å². The number of hydrazone groups is 1. The SMILES string of the molecule is Cc1ccc(SN(N)c2cccc(C3NN=C(c4ccc(C(=O)ON)cc4)O3)c2)cc1. The van der Waals surface area contributed by atoms with Crippen molar-refractivity contribution in [2.75, 3.05) is 4.41 Å². The number of aryl methyl sites for hydroxylation is 1. The first-order chi connectivity index (χ1) is 15.0. The molecule has 1 aliphatic heterocycles. The largest absolute Gasteiger partial charge is 0.446 e. The lowest BCUT2D eigenvalue weighted by Gasteiger charge is -2.19.